The number of amides is 1. The number of thiazole rings is 1. The summed E-state index contributed by atoms with van der Waals surface area (Å²) >= 11 is 7.28. The van der Waals surface area contributed by atoms with Crippen LogP contribution in [0.15, 0.2) is 53.9 Å². The number of hydrogen-bond acceptors (Lipinski definition) is 5. The Morgan fingerprint density at radius 3 is 2.55 bits per heavy atom. The first-order valence-corrected chi connectivity index (χ1v) is 10.4. The first-order valence-electron chi connectivity index (χ1n) is 9.19. The monoisotopic (exact) mass is 428 g/mol. The Kier molecular flexibility index (Phi) is 7.27. The average Bonchev–Trinajstić information content (AvgIpc) is 3.17. The Hall–Kier alpha value is -2.83. The van der Waals surface area contributed by atoms with Crippen LogP contribution in [0.2, 0.25) is 5.02 Å². The number of anilines is 1. The number of hydrogen-bond donors (Lipinski definition) is 1. The molecule has 0 aliphatic rings. The lowest BCUT2D eigenvalue weighted by Crippen LogP contribution is -2.07. The summed E-state index contributed by atoms with van der Waals surface area (Å²) in [5.41, 5.74) is 2.58. The molecule has 1 amide bonds. The number of aromatic nitrogens is 1. The Morgan fingerprint density at radius 2 is 1.83 bits per heavy atom. The third-order valence-corrected chi connectivity index (χ3v) is 4.88. The smallest absolute Gasteiger partial charge is 0.250 e. The quantitative estimate of drug-likeness (QED) is 0.453. The number of nitrogens with zero attached hydrogens (tertiary/aromatic N) is 1. The van der Waals surface area contributed by atoms with Gasteiger partial charge >= 0.3 is 0 Å². The van der Waals surface area contributed by atoms with E-state index in [9.17, 15) is 4.79 Å². The number of rotatable bonds is 8. The summed E-state index contributed by atoms with van der Waals surface area (Å²) in [4.78, 5) is 16.7. The molecule has 0 unspecified atom stereocenters. The Labute approximate surface area is 179 Å². The number of carbonyl (C=O) groups excluding carboxylic acids is 1. The van der Waals surface area contributed by atoms with Gasteiger partial charge in [-0.2, -0.15) is 0 Å². The highest BCUT2D eigenvalue weighted by molar-refractivity contribution is 7.14. The molecule has 0 fully saturated rings. The van der Waals surface area contributed by atoms with E-state index in [1.165, 1.54) is 17.4 Å². The molecule has 0 aliphatic heterocycles. The number of nitrogens with one attached hydrogen (secondary N) is 1. The van der Waals surface area contributed by atoms with Crippen molar-refractivity contribution in [3.8, 4) is 22.8 Å². The summed E-state index contributed by atoms with van der Waals surface area (Å²) in [5, 5.41) is 5.88. The molecule has 1 aromatic heterocycles. The molecule has 1 heterocycles. The van der Waals surface area contributed by atoms with Crippen LogP contribution in [0.5, 0.6) is 11.5 Å². The van der Waals surface area contributed by atoms with Gasteiger partial charge in [-0.05, 0) is 49.8 Å². The molecule has 150 valence electrons. The second-order valence-electron chi connectivity index (χ2n) is 5.94. The lowest BCUT2D eigenvalue weighted by molar-refractivity contribution is -0.111. The van der Waals surface area contributed by atoms with Gasteiger partial charge in [-0.1, -0.05) is 29.8 Å². The Bertz CT molecular complexity index is 1000. The standard InChI is InChI=1S/C22H21ClN2O3S/c1-3-27-19-11-5-15(13-20(19)28-4-2)6-12-21(26)25-22-24-18(14-29-22)16-7-9-17(23)10-8-16/h5-14H,3-4H2,1-2H3,(H,24,25,26). The first-order chi connectivity index (χ1) is 14.1. The summed E-state index contributed by atoms with van der Waals surface area (Å²) in [5.74, 6) is 1.09. The molecular formula is C22H21ClN2O3S. The summed E-state index contributed by atoms with van der Waals surface area (Å²) in [7, 11) is 0. The van der Waals surface area contributed by atoms with Gasteiger partial charge in [0.1, 0.15) is 0 Å². The van der Waals surface area contributed by atoms with Gasteiger partial charge in [-0.3, -0.25) is 10.1 Å². The fraction of sp³-hybridized carbons (Fsp3) is 0.182. The van der Waals surface area contributed by atoms with Crippen molar-refractivity contribution in [2.24, 2.45) is 0 Å². The van der Waals surface area contributed by atoms with Gasteiger partial charge in [0.2, 0.25) is 5.91 Å². The van der Waals surface area contributed by atoms with E-state index in [0.717, 1.165) is 16.8 Å². The molecule has 3 rings (SSSR count). The van der Waals surface area contributed by atoms with Crippen LogP contribution in [0.1, 0.15) is 19.4 Å². The van der Waals surface area contributed by atoms with E-state index in [-0.39, 0.29) is 5.91 Å². The van der Waals surface area contributed by atoms with E-state index in [4.69, 9.17) is 21.1 Å². The van der Waals surface area contributed by atoms with Crippen LogP contribution < -0.4 is 14.8 Å². The molecule has 3 aromatic rings. The molecule has 0 bridgehead atoms. The van der Waals surface area contributed by atoms with Gasteiger partial charge in [0.25, 0.3) is 0 Å². The van der Waals surface area contributed by atoms with E-state index >= 15 is 0 Å². The zero-order chi connectivity index (χ0) is 20.6. The molecular weight excluding hydrogens is 408 g/mol. The van der Waals surface area contributed by atoms with Crippen LogP contribution in [0.25, 0.3) is 17.3 Å². The molecule has 0 saturated carbocycles. The summed E-state index contributed by atoms with van der Waals surface area (Å²) in [6, 6.07) is 13.0. The predicted molar refractivity (Wildman–Crippen MR) is 119 cm³/mol. The van der Waals surface area contributed by atoms with Gasteiger partial charge in [0.15, 0.2) is 16.6 Å². The van der Waals surface area contributed by atoms with Crippen LogP contribution in [-0.4, -0.2) is 24.1 Å². The number of ether oxygens (including phenoxy) is 2. The van der Waals surface area contributed by atoms with Gasteiger partial charge < -0.3 is 9.47 Å². The van der Waals surface area contributed by atoms with Crippen molar-refractivity contribution in [2.45, 2.75) is 13.8 Å². The lowest BCUT2D eigenvalue weighted by atomic mass is 10.2. The van der Waals surface area contributed by atoms with Crippen LogP contribution in [0, 0.1) is 0 Å². The summed E-state index contributed by atoms with van der Waals surface area (Å²) in [6.07, 6.45) is 3.19. The molecule has 0 aliphatic carbocycles. The minimum absolute atomic E-state index is 0.256. The third-order valence-electron chi connectivity index (χ3n) is 3.87. The van der Waals surface area contributed by atoms with Gasteiger partial charge in [-0.25, -0.2) is 4.98 Å². The van der Waals surface area contributed by atoms with Crippen molar-refractivity contribution in [2.75, 3.05) is 18.5 Å². The van der Waals surface area contributed by atoms with Crippen molar-refractivity contribution in [1.29, 1.82) is 0 Å². The Balaban J connectivity index is 1.65. The van der Waals surface area contributed by atoms with Crippen LogP contribution in [0.3, 0.4) is 0 Å². The zero-order valence-electron chi connectivity index (χ0n) is 16.1. The topological polar surface area (TPSA) is 60.5 Å². The fourth-order valence-electron chi connectivity index (χ4n) is 2.57. The lowest BCUT2D eigenvalue weighted by Gasteiger charge is -2.11. The number of carbonyl (C=O) groups is 1. The van der Waals surface area contributed by atoms with Crippen molar-refractivity contribution in [3.63, 3.8) is 0 Å². The SMILES string of the molecule is CCOc1ccc(C=CC(=O)Nc2nc(-c3ccc(Cl)cc3)cs2)cc1OCC. The highest BCUT2D eigenvalue weighted by atomic mass is 35.5. The van der Waals surface area contributed by atoms with E-state index in [1.54, 1.807) is 6.08 Å². The molecule has 0 spiro atoms. The van der Waals surface area contributed by atoms with Gasteiger partial charge in [-0.15, -0.1) is 11.3 Å². The van der Waals surface area contributed by atoms with E-state index in [0.29, 0.717) is 34.9 Å². The van der Waals surface area contributed by atoms with Crippen molar-refractivity contribution in [1.82, 2.24) is 4.98 Å². The highest BCUT2D eigenvalue weighted by Crippen LogP contribution is 2.29. The van der Waals surface area contributed by atoms with E-state index in [1.807, 2.05) is 61.7 Å². The van der Waals surface area contributed by atoms with Crippen LogP contribution in [0.4, 0.5) is 5.13 Å². The molecule has 0 radical (unpaired) electrons. The predicted octanol–water partition coefficient (Wildman–Crippen LogP) is 5.91. The van der Waals surface area contributed by atoms with Crippen molar-refractivity contribution in [3.05, 3.63) is 64.5 Å². The molecule has 0 saturated heterocycles. The van der Waals surface area contributed by atoms with Crippen molar-refractivity contribution < 1.29 is 14.3 Å². The van der Waals surface area contributed by atoms with Crippen LogP contribution in [-0.2, 0) is 4.79 Å². The number of halogens is 1. The second kappa shape index (κ2) is 10.1. The van der Waals surface area contributed by atoms with Crippen molar-refractivity contribution >= 4 is 40.1 Å². The third kappa shape index (κ3) is 5.82. The zero-order valence-corrected chi connectivity index (χ0v) is 17.7. The fourth-order valence-corrected chi connectivity index (χ4v) is 3.42. The molecule has 5 nitrogen and oxygen atoms in total. The minimum Gasteiger partial charge on any atom is -0.490 e. The second-order valence-corrected chi connectivity index (χ2v) is 7.23. The Morgan fingerprint density at radius 1 is 1.10 bits per heavy atom. The minimum atomic E-state index is -0.256. The number of benzene rings is 2. The van der Waals surface area contributed by atoms with Gasteiger partial charge in [0, 0.05) is 22.0 Å². The van der Waals surface area contributed by atoms with Gasteiger partial charge in [0.05, 0.1) is 18.9 Å². The maximum Gasteiger partial charge on any atom is 0.250 e. The normalized spacial score (nSPS) is 10.9. The van der Waals surface area contributed by atoms with Crippen LogP contribution >= 0.6 is 22.9 Å². The maximum atomic E-state index is 12.3. The molecule has 29 heavy (non-hydrogen) atoms. The molecule has 0 atom stereocenters. The largest absolute Gasteiger partial charge is 0.490 e. The maximum absolute atomic E-state index is 12.3. The first kappa shape index (κ1) is 20.9. The molecule has 2 aromatic carbocycles. The molecule has 7 heteroatoms. The summed E-state index contributed by atoms with van der Waals surface area (Å²) < 4.78 is 11.2. The summed E-state index contributed by atoms with van der Waals surface area (Å²) in [6.45, 7) is 4.93. The molecule has 1 N–H and O–H groups in total. The highest BCUT2D eigenvalue weighted by Gasteiger charge is 2.08. The average molecular weight is 429 g/mol. The van der Waals surface area contributed by atoms with E-state index in [2.05, 4.69) is 10.3 Å². The van der Waals surface area contributed by atoms with E-state index < -0.39 is 0 Å².